The van der Waals surface area contributed by atoms with Crippen molar-refractivity contribution in [1.82, 2.24) is 14.5 Å². The molecule has 0 aliphatic carbocycles. The number of fused-ring (bicyclic) bond motifs is 1. The molecule has 2 aromatic rings. The minimum absolute atomic E-state index is 0.628. The van der Waals surface area contributed by atoms with Crippen molar-refractivity contribution in [3.63, 3.8) is 0 Å². The van der Waals surface area contributed by atoms with Gasteiger partial charge in [0.15, 0.2) is 5.65 Å². The van der Waals surface area contributed by atoms with E-state index in [1.165, 1.54) is 0 Å². The number of pyridine rings is 1. The Labute approximate surface area is 76.2 Å². The van der Waals surface area contributed by atoms with Crippen molar-refractivity contribution in [2.75, 3.05) is 7.11 Å². The van der Waals surface area contributed by atoms with Crippen molar-refractivity contribution >= 4 is 11.2 Å². The summed E-state index contributed by atoms with van der Waals surface area (Å²) in [5.41, 5.74) is 1.78. The van der Waals surface area contributed by atoms with Crippen LogP contribution in [0.15, 0.2) is 18.5 Å². The summed E-state index contributed by atoms with van der Waals surface area (Å²) in [5, 5.41) is 0. The molecule has 0 aliphatic rings. The molecule has 0 unspecified atom stereocenters. The van der Waals surface area contributed by atoms with Crippen LogP contribution in [0.5, 0.6) is 5.88 Å². The second-order valence-electron chi connectivity index (χ2n) is 2.73. The van der Waals surface area contributed by atoms with Gasteiger partial charge in [-0.25, -0.2) is 4.98 Å². The molecule has 2 heterocycles. The van der Waals surface area contributed by atoms with Crippen molar-refractivity contribution in [3.8, 4) is 5.88 Å². The molecule has 0 aromatic carbocycles. The van der Waals surface area contributed by atoms with Gasteiger partial charge in [-0.15, -0.1) is 0 Å². The van der Waals surface area contributed by atoms with Crippen LogP contribution in [0.4, 0.5) is 0 Å². The summed E-state index contributed by atoms with van der Waals surface area (Å²) in [6, 6.07) is 3.72. The molecule has 0 radical (unpaired) electrons. The first-order valence-corrected chi connectivity index (χ1v) is 4.21. The van der Waals surface area contributed by atoms with Crippen LogP contribution in [0.2, 0.25) is 0 Å². The summed E-state index contributed by atoms with van der Waals surface area (Å²) < 4.78 is 7.02. The van der Waals surface area contributed by atoms with Gasteiger partial charge in [-0.2, -0.15) is 4.98 Å². The van der Waals surface area contributed by atoms with Crippen molar-refractivity contribution in [2.45, 2.75) is 13.5 Å². The molecule has 0 saturated carbocycles. The first-order chi connectivity index (χ1) is 6.35. The summed E-state index contributed by atoms with van der Waals surface area (Å²) in [6.07, 6.45) is 1.79. The van der Waals surface area contributed by atoms with Gasteiger partial charge in [0.1, 0.15) is 5.52 Å². The Kier molecular flexibility index (Phi) is 1.88. The average molecular weight is 177 g/mol. The lowest BCUT2D eigenvalue weighted by Gasteiger charge is -2.00. The molecule has 68 valence electrons. The highest BCUT2D eigenvalue weighted by atomic mass is 16.5. The number of methoxy groups -OCH3 is 1. The highest BCUT2D eigenvalue weighted by Crippen LogP contribution is 2.14. The third-order valence-corrected chi connectivity index (χ3v) is 1.99. The third kappa shape index (κ3) is 1.24. The molecule has 0 fully saturated rings. The van der Waals surface area contributed by atoms with Crippen LogP contribution >= 0.6 is 0 Å². The fraction of sp³-hybridized carbons (Fsp3) is 0.333. The smallest absolute Gasteiger partial charge is 0.215 e. The van der Waals surface area contributed by atoms with Crippen molar-refractivity contribution in [2.24, 2.45) is 0 Å². The highest BCUT2D eigenvalue weighted by Gasteiger charge is 2.03. The molecule has 4 nitrogen and oxygen atoms in total. The van der Waals surface area contributed by atoms with Gasteiger partial charge in [-0.3, -0.25) is 0 Å². The predicted molar refractivity (Wildman–Crippen MR) is 49.8 cm³/mol. The zero-order valence-corrected chi connectivity index (χ0v) is 7.69. The number of aryl methyl sites for hydroxylation is 1. The van der Waals surface area contributed by atoms with Crippen LogP contribution in [-0.2, 0) is 6.54 Å². The Hall–Kier alpha value is -1.58. The van der Waals surface area contributed by atoms with Crippen LogP contribution in [0.1, 0.15) is 6.92 Å². The number of imidazole rings is 1. The van der Waals surface area contributed by atoms with E-state index in [2.05, 4.69) is 16.9 Å². The fourth-order valence-corrected chi connectivity index (χ4v) is 1.27. The maximum Gasteiger partial charge on any atom is 0.215 e. The first-order valence-electron chi connectivity index (χ1n) is 4.21. The molecule has 0 amide bonds. The minimum atomic E-state index is 0.628. The molecule has 0 bridgehead atoms. The Balaban J connectivity index is 2.64. The number of nitrogens with zero attached hydrogens (tertiary/aromatic N) is 3. The van der Waals surface area contributed by atoms with Gasteiger partial charge in [-0.1, -0.05) is 0 Å². The van der Waals surface area contributed by atoms with E-state index in [-0.39, 0.29) is 0 Å². The summed E-state index contributed by atoms with van der Waals surface area (Å²) in [5.74, 6) is 0.628. The number of ether oxygens (including phenoxy) is 1. The molecular formula is C9H11N3O. The normalized spacial score (nSPS) is 10.6. The zero-order chi connectivity index (χ0) is 9.26. The van der Waals surface area contributed by atoms with Crippen LogP contribution < -0.4 is 4.74 Å². The Morgan fingerprint density at radius 2 is 2.31 bits per heavy atom. The van der Waals surface area contributed by atoms with Gasteiger partial charge in [0.25, 0.3) is 0 Å². The second kappa shape index (κ2) is 3.05. The van der Waals surface area contributed by atoms with Crippen LogP contribution in [-0.4, -0.2) is 21.6 Å². The summed E-state index contributed by atoms with van der Waals surface area (Å²) >= 11 is 0. The Morgan fingerprint density at radius 3 is 3.00 bits per heavy atom. The van der Waals surface area contributed by atoms with Gasteiger partial charge < -0.3 is 9.30 Å². The number of hydrogen-bond donors (Lipinski definition) is 0. The van der Waals surface area contributed by atoms with E-state index in [1.54, 1.807) is 13.4 Å². The third-order valence-electron chi connectivity index (χ3n) is 1.99. The van der Waals surface area contributed by atoms with Gasteiger partial charge in [0.05, 0.1) is 13.4 Å². The lowest BCUT2D eigenvalue weighted by molar-refractivity contribution is 0.399. The largest absolute Gasteiger partial charge is 0.481 e. The van der Waals surface area contributed by atoms with E-state index >= 15 is 0 Å². The fourth-order valence-electron chi connectivity index (χ4n) is 1.27. The molecule has 2 aromatic heterocycles. The van der Waals surface area contributed by atoms with E-state index in [0.29, 0.717) is 5.88 Å². The number of aromatic nitrogens is 3. The van der Waals surface area contributed by atoms with Crippen molar-refractivity contribution in [1.29, 1.82) is 0 Å². The summed E-state index contributed by atoms with van der Waals surface area (Å²) in [6.45, 7) is 2.93. The van der Waals surface area contributed by atoms with Gasteiger partial charge in [-0.05, 0) is 13.0 Å². The Bertz CT molecular complexity index is 422. The van der Waals surface area contributed by atoms with E-state index < -0.39 is 0 Å². The van der Waals surface area contributed by atoms with Gasteiger partial charge >= 0.3 is 0 Å². The lowest BCUT2D eigenvalue weighted by atomic mass is 10.4. The van der Waals surface area contributed by atoms with Gasteiger partial charge in [0.2, 0.25) is 5.88 Å². The monoisotopic (exact) mass is 177 g/mol. The molecule has 0 atom stereocenters. The predicted octanol–water partition coefficient (Wildman–Crippen LogP) is 1.46. The molecule has 0 saturated heterocycles. The maximum atomic E-state index is 5.04. The molecule has 0 aliphatic heterocycles. The number of hydrogen-bond acceptors (Lipinski definition) is 3. The molecule has 13 heavy (non-hydrogen) atoms. The average Bonchev–Trinajstić information content (AvgIpc) is 2.59. The van der Waals surface area contributed by atoms with E-state index in [9.17, 15) is 0 Å². The summed E-state index contributed by atoms with van der Waals surface area (Å²) in [7, 11) is 1.61. The number of rotatable bonds is 2. The van der Waals surface area contributed by atoms with Crippen LogP contribution in [0.25, 0.3) is 11.2 Å². The second-order valence-corrected chi connectivity index (χ2v) is 2.73. The molecular weight excluding hydrogens is 166 g/mol. The van der Waals surface area contributed by atoms with E-state index in [1.807, 2.05) is 16.7 Å². The zero-order valence-electron chi connectivity index (χ0n) is 7.69. The lowest BCUT2D eigenvalue weighted by Crippen LogP contribution is -1.94. The van der Waals surface area contributed by atoms with E-state index in [4.69, 9.17) is 4.74 Å². The standard InChI is InChI=1S/C9H11N3O/c1-3-12-6-10-7-4-5-8(13-2)11-9(7)12/h4-6H,3H2,1-2H3. The molecule has 4 heteroatoms. The maximum absolute atomic E-state index is 5.04. The summed E-state index contributed by atoms with van der Waals surface area (Å²) in [4.78, 5) is 8.51. The molecule has 0 N–H and O–H groups in total. The quantitative estimate of drug-likeness (QED) is 0.697. The SMILES string of the molecule is CCn1cnc2ccc(OC)nc21. The first kappa shape index (κ1) is 8.04. The van der Waals surface area contributed by atoms with Crippen LogP contribution in [0.3, 0.4) is 0 Å². The van der Waals surface area contributed by atoms with E-state index in [0.717, 1.165) is 17.7 Å². The topological polar surface area (TPSA) is 39.9 Å². The van der Waals surface area contributed by atoms with Gasteiger partial charge in [0, 0.05) is 12.6 Å². The minimum Gasteiger partial charge on any atom is -0.481 e. The van der Waals surface area contributed by atoms with Crippen LogP contribution in [0, 0.1) is 0 Å². The molecule has 0 spiro atoms. The highest BCUT2D eigenvalue weighted by molar-refractivity contribution is 5.71. The van der Waals surface area contributed by atoms with Crippen molar-refractivity contribution in [3.05, 3.63) is 18.5 Å². The Morgan fingerprint density at radius 1 is 1.46 bits per heavy atom. The molecule has 2 rings (SSSR count). The van der Waals surface area contributed by atoms with Crippen molar-refractivity contribution < 1.29 is 4.74 Å².